The standard InChI is InChI=1S/C11H16ClN3/c1-8(9-4-3-5-9)15(2)11-7-6-10(12)13-14-11/h6-9H,3-5H2,1-2H3. The predicted molar refractivity (Wildman–Crippen MR) is 62.2 cm³/mol. The number of hydrogen-bond acceptors (Lipinski definition) is 3. The van der Waals surface area contributed by atoms with Crippen molar-refractivity contribution in [2.24, 2.45) is 5.92 Å². The third kappa shape index (κ3) is 2.23. The first-order valence-electron chi connectivity index (χ1n) is 5.40. The Kier molecular flexibility index (Phi) is 3.10. The molecule has 0 aliphatic heterocycles. The zero-order chi connectivity index (χ0) is 10.8. The molecule has 1 unspecified atom stereocenters. The fourth-order valence-corrected chi connectivity index (χ4v) is 2.04. The summed E-state index contributed by atoms with van der Waals surface area (Å²) in [5, 5.41) is 8.39. The molecule has 15 heavy (non-hydrogen) atoms. The molecule has 1 fully saturated rings. The molecular weight excluding hydrogens is 210 g/mol. The molecule has 1 atom stereocenters. The maximum Gasteiger partial charge on any atom is 0.151 e. The Morgan fingerprint density at radius 1 is 1.40 bits per heavy atom. The minimum Gasteiger partial charge on any atom is -0.355 e. The quantitative estimate of drug-likeness (QED) is 0.792. The van der Waals surface area contributed by atoms with Gasteiger partial charge in [0.15, 0.2) is 11.0 Å². The van der Waals surface area contributed by atoms with Gasteiger partial charge in [-0.1, -0.05) is 18.0 Å². The summed E-state index contributed by atoms with van der Waals surface area (Å²) in [4.78, 5) is 2.19. The zero-order valence-electron chi connectivity index (χ0n) is 9.15. The van der Waals surface area contributed by atoms with Crippen LogP contribution >= 0.6 is 11.6 Å². The van der Waals surface area contributed by atoms with Crippen LogP contribution in [0.5, 0.6) is 0 Å². The van der Waals surface area contributed by atoms with Crippen molar-refractivity contribution in [2.75, 3.05) is 11.9 Å². The molecule has 1 aromatic rings. The van der Waals surface area contributed by atoms with E-state index in [1.165, 1.54) is 19.3 Å². The molecule has 1 aliphatic carbocycles. The van der Waals surface area contributed by atoms with Crippen molar-refractivity contribution in [3.63, 3.8) is 0 Å². The van der Waals surface area contributed by atoms with Crippen molar-refractivity contribution in [3.8, 4) is 0 Å². The summed E-state index contributed by atoms with van der Waals surface area (Å²) in [5.74, 6) is 1.71. The van der Waals surface area contributed by atoms with Gasteiger partial charge in [-0.25, -0.2) is 0 Å². The molecule has 4 heteroatoms. The zero-order valence-corrected chi connectivity index (χ0v) is 9.91. The van der Waals surface area contributed by atoms with Gasteiger partial charge in [0.2, 0.25) is 0 Å². The van der Waals surface area contributed by atoms with Crippen molar-refractivity contribution < 1.29 is 0 Å². The summed E-state index contributed by atoms with van der Waals surface area (Å²) >= 11 is 5.70. The molecule has 0 N–H and O–H groups in total. The van der Waals surface area contributed by atoms with Gasteiger partial charge in [-0.05, 0) is 37.8 Å². The van der Waals surface area contributed by atoms with Gasteiger partial charge >= 0.3 is 0 Å². The lowest BCUT2D eigenvalue weighted by Crippen LogP contribution is -2.39. The van der Waals surface area contributed by atoms with Crippen LogP contribution in [0.3, 0.4) is 0 Å². The number of halogens is 1. The van der Waals surface area contributed by atoms with Crippen molar-refractivity contribution >= 4 is 17.4 Å². The van der Waals surface area contributed by atoms with Gasteiger partial charge in [-0.3, -0.25) is 0 Å². The smallest absolute Gasteiger partial charge is 0.151 e. The van der Waals surface area contributed by atoms with Crippen molar-refractivity contribution in [2.45, 2.75) is 32.2 Å². The highest BCUT2D eigenvalue weighted by molar-refractivity contribution is 6.29. The molecule has 0 saturated heterocycles. The molecule has 0 amide bonds. The van der Waals surface area contributed by atoms with Gasteiger partial charge in [-0.2, -0.15) is 0 Å². The molecule has 3 nitrogen and oxygen atoms in total. The highest BCUT2D eigenvalue weighted by atomic mass is 35.5. The van der Waals surface area contributed by atoms with Gasteiger partial charge < -0.3 is 4.90 Å². The normalized spacial score (nSPS) is 18.3. The molecule has 1 heterocycles. The van der Waals surface area contributed by atoms with Gasteiger partial charge in [-0.15, -0.1) is 10.2 Å². The monoisotopic (exact) mass is 225 g/mol. The third-order valence-electron chi connectivity index (χ3n) is 3.42. The highest BCUT2D eigenvalue weighted by Gasteiger charge is 2.27. The maximum atomic E-state index is 5.70. The fourth-order valence-electron chi connectivity index (χ4n) is 1.94. The van der Waals surface area contributed by atoms with Gasteiger partial charge in [0.1, 0.15) is 0 Å². The lowest BCUT2D eigenvalue weighted by Gasteiger charge is -2.37. The van der Waals surface area contributed by atoms with E-state index in [1.54, 1.807) is 6.07 Å². The largest absolute Gasteiger partial charge is 0.355 e. The first kappa shape index (κ1) is 10.7. The van der Waals surface area contributed by atoms with Crippen molar-refractivity contribution in [1.29, 1.82) is 0 Å². The predicted octanol–water partition coefficient (Wildman–Crippen LogP) is 2.75. The van der Waals surface area contributed by atoms with Crippen LogP contribution in [0.15, 0.2) is 12.1 Å². The topological polar surface area (TPSA) is 29.0 Å². The Morgan fingerprint density at radius 3 is 2.60 bits per heavy atom. The second-order valence-electron chi connectivity index (χ2n) is 4.26. The van der Waals surface area contributed by atoms with E-state index in [4.69, 9.17) is 11.6 Å². The Hall–Kier alpha value is -0.830. The second-order valence-corrected chi connectivity index (χ2v) is 4.64. The van der Waals surface area contributed by atoms with Gasteiger partial charge in [0, 0.05) is 13.1 Å². The Balaban J connectivity index is 2.05. The lowest BCUT2D eigenvalue weighted by atomic mass is 9.80. The number of nitrogens with zero attached hydrogens (tertiary/aromatic N) is 3. The van der Waals surface area contributed by atoms with E-state index in [0.717, 1.165) is 11.7 Å². The molecule has 0 aromatic carbocycles. The van der Waals surface area contributed by atoms with E-state index >= 15 is 0 Å². The van der Waals surface area contributed by atoms with E-state index in [-0.39, 0.29) is 0 Å². The van der Waals surface area contributed by atoms with Crippen LogP contribution in [-0.2, 0) is 0 Å². The lowest BCUT2D eigenvalue weighted by molar-refractivity contribution is 0.267. The Morgan fingerprint density at radius 2 is 2.13 bits per heavy atom. The van der Waals surface area contributed by atoms with Crippen LogP contribution in [0.25, 0.3) is 0 Å². The molecule has 1 aromatic heterocycles. The number of anilines is 1. The summed E-state index contributed by atoms with van der Waals surface area (Å²) < 4.78 is 0. The van der Waals surface area contributed by atoms with Crippen molar-refractivity contribution in [3.05, 3.63) is 17.3 Å². The van der Waals surface area contributed by atoms with Gasteiger partial charge in [0.05, 0.1) is 0 Å². The highest BCUT2D eigenvalue weighted by Crippen LogP contribution is 2.32. The molecule has 1 aliphatic rings. The molecule has 0 spiro atoms. The minimum absolute atomic E-state index is 0.448. The average Bonchev–Trinajstić information content (AvgIpc) is 2.15. The molecule has 2 rings (SSSR count). The summed E-state index contributed by atoms with van der Waals surface area (Å²) in [6, 6.07) is 4.24. The van der Waals surface area contributed by atoms with Crippen LogP contribution < -0.4 is 4.90 Å². The molecule has 82 valence electrons. The number of rotatable bonds is 3. The Labute approximate surface area is 95.5 Å². The molecule has 0 bridgehead atoms. The third-order valence-corrected chi connectivity index (χ3v) is 3.62. The summed E-state index contributed by atoms with van der Waals surface area (Å²) in [7, 11) is 2.07. The average molecular weight is 226 g/mol. The van der Waals surface area contributed by atoms with E-state index in [0.29, 0.717) is 11.2 Å². The van der Waals surface area contributed by atoms with E-state index in [9.17, 15) is 0 Å². The molecule has 0 radical (unpaired) electrons. The van der Waals surface area contributed by atoms with Crippen LogP contribution in [-0.4, -0.2) is 23.3 Å². The second kappa shape index (κ2) is 4.35. The Bertz CT molecular complexity index is 321. The fraction of sp³-hybridized carbons (Fsp3) is 0.636. The minimum atomic E-state index is 0.448. The summed E-state index contributed by atoms with van der Waals surface area (Å²) in [6.07, 6.45) is 4.05. The summed E-state index contributed by atoms with van der Waals surface area (Å²) in [6.45, 7) is 2.25. The van der Waals surface area contributed by atoms with Crippen LogP contribution in [0.1, 0.15) is 26.2 Å². The number of hydrogen-bond donors (Lipinski definition) is 0. The SMILES string of the molecule is CC(C1CCC1)N(C)c1ccc(Cl)nn1. The van der Waals surface area contributed by atoms with Crippen LogP contribution in [0.2, 0.25) is 5.15 Å². The van der Waals surface area contributed by atoms with Crippen LogP contribution in [0, 0.1) is 5.92 Å². The van der Waals surface area contributed by atoms with E-state index in [2.05, 4.69) is 29.1 Å². The van der Waals surface area contributed by atoms with E-state index in [1.807, 2.05) is 6.07 Å². The first-order valence-corrected chi connectivity index (χ1v) is 5.78. The van der Waals surface area contributed by atoms with E-state index < -0.39 is 0 Å². The van der Waals surface area contributed by atoms with Gasteiger partial charge in [0.25, 0.3) is 0 Å². The summed E-state index contributed by atoms with van der Waals surface area (Å²) in [5.41, 5.74) is 0. The van der Waals surface area contributed by atoms with Crippen molar-refractivity contribution in [1.82, 2.24) is 10.2 Å². The number of aromatic nitrogens is 2. The molecule has 1 saturated carbocycles. The maximum absolute atomic E-state index is 5.70. The molecular formula is C11H16ClN3. The first-order chi connectivity index (χ1) is 7.18. The van der Waals surface area contributed by atoms with Crippen LogP contribution in [0.4, 0.5) is 5.82 Å².